The number of nitrogens with zero attached hydrogens (tertiary/aromatic N) is 8. The normalized spacial score (nSPS) is 11.7. The molecule has 49 heavy (non-hydrogen) atoms. The van der Waals surface area contributed by atoms with E-state index in [9.17, 15) is 5.26 Å². The summed E-state index contributed by atoms with van der Waals surface area (Å²) in [7, 11) is 0. The fourth-order valence-electron chi connectivity index (χ4n) is 6.42. The Bertz CT molecular complexity index is 2900. The maximum atomic E-state index is 9.54. The van der Waals surface area contributed by atoms with E-state index in [1.54, 1.807) is 18.5 Å². The van der Waals surface area contributed by atoms with Gasteiger partial charge in [0.15, 0.2) is 17.5 Å². The first kappa shape index (κ1) is 27.0. The van der Waals surface area contributed by atoms with Crippen molar-refractivity contribution in [2.45, 2.75) is 0 Å². The van der Waals surface area contributed by atoms with Crippen molar-refractivity contribution in [2.75, 3.05) is 0 Å². The molecular weight excluding hydrogens is 608 g/mol. The molecule has 0 saturated heterocycles. The van der Waals surface area contributed by atoms with Crippen LogP contribution in [0.3, 0.4) is 0 Å². The molecule has 4 aromatic carbocycles. The number of fused-ring (bicyclic) bond motifs is 9. The topological polar surface area (TPSA) is 127 Å². The van der Waals surface area contributed by atoms with Gasteiger partial charge in [0.05, 0.1) is 33.7 Å². The lowest BCUT2D eigenvalue weighted by Gasteiger charge is -2.10. The average Bonchev–Trinajstić information content (AvgIpc) is 3.54. The number of nitriles is 1. The van der Waals surface area contributed by atoms with E-state index in [2.05, 4.69) is 16.0 Å². The minimum atomic E-state index is 0.400. The van der Waals surface area contributed by atoms with Gasteiger partial charge in [0, 0.05) is 50.3 Å². The summed E-state index contributed by atoms with van der Waals surface area (Å²) in [6.45, 7) is 0. The van der Waals surface area contributed by atoms with Crippen molar-refractivity contribution in [3.63, 3.8) is 0 Å². The fraction of sp³-hybridized carbons (Fsp3) is 0. The fourth-order valence-corrected chi connectivity index (χ4v) is 6.42. The second kappa shape index (κ2) is 10.4. The van der Waals surface area contributed by atoms with Crippen LogP contribution in [0.25, 0.3) is 100.0 Å². The Morgan fingerprint density at radius 1 is 0.469 bits per heavy atom. The quantitative estimate of drug-likeness (QED) is 0.176. The van der Waals surface area contributed by atoms with Gasteiger partial charge in [0.25, 0.3) is 0 Å². The molecule has 0 unspecified atom stereocenters. The van der Waals surface area contributed by atoms with Gasteiger partial charge in [-0.25, -0.2) is 24.9 Å². The first-order valence-electron chi connectivity index (χ1n) is 15.6. The van der Waals surface area contributed by atoms with Crippen LogP contribution >= 0.6 is 0 Å². The van der Waals surface area contributed by atoms with Crippen LogP contribution in [0, 0.1) is 11.3 Å². The Balaban J connectivity index is 1.22. The van der Waals surface area contributed by atoms with E-state index >= 15 is 0 Å². The van der Waals surface area contributed by atoms with Crippen molar-refractivity contribution in [1.29, 1.82) is 5.26 Å². The number of pyridine rings is 4. The van der Waals surface area contributed by atoms with Crippen LogP contribution in [0.5, 0.6) is 0 Å². The van der Waals surface area contributed by atoms with Gasteiger partial charge in [-0.2, -0.15) is 5.26 Å². The molecule has 0 amide bonds. The highest BCUT2D eigenvalue weighted by molar-refractivity contribution is 6.07. The van der Waals surface area contributed by atoms with Gasteiger partial charge in [-0.05, 0) is 60.7 Å². The Morgan fingerprint density at radius 3 is 1.57 bits per heavy atom. The Hall–Kier alpha value is -7.18. The van der Waals surface area contributed by atoms with Gasteiger partial charge in [0.1, 0.15) is 22.6 Å². The lowest BCUT2D eigenvalue weighted by molar-refractivity contribution is 0.669. The molecule has 226 valence electrons. The van der Waals surface area contributed by atoms with E-state index in [1.165, 1.54) is 0 Å². The maximum absolute atomic E-state index is 9.54. The average molecular weight is 629 g/mol. The summed E-state index contributed by atoms with van der Waals surface area (Å²) in [4.78, 5) is 34.3. The molecule has 9 heteroatoms. The zero-order valence-electron chi connectivity index (χ0n) is 25.5. The molecule has 0 bridgehead atoms. The highest BCUT2D eigenvalue weighted by atomic mass is 16.3. The molecule has 0 aliphatic carbocycles. The van der Waals surface area contributed by atoms with Crippen LogP contribution in [-0.2, 0) is 0 Å². The SMILES string of the molecule is N#Cc1ccc2oc3ccc(-c4nc(-c5ccc6ccc7cccnc7c6n5)nc(-c5ccc6ccc7cccnc7c6n5)n4)cc3c2c1. The minimum absolute atomic E-state index is 0.400. The van der Waals surface area contributed by atoms with Crippen LogP contribution in [0.2, 0.25) is 0 Å². The number of hydrogen-bond donors (Lipinski definition) is 0. The van der Waals surface area contributed by atoms with Gasteiger partial charge in [0.2, 0.25) is 0 Å². The zero-order valence-corrected chi connectivity index (χ0v) is 25.5. The number of furan rings is 1. The van der Waals surface area contributed by atoms with Crippen LogP contribution in [0.1, 0.15) is 5.56 Å². The maximum Gasteiger partial charge on any atom is 0.182 e. The molecule has 0 saturated carbocycles. The molecule has 6 heterocycles. The van der Waals surface area contributed by atoms with Crippen LogP contribution in [0.4, 0.5) is 0 Å². The monoisotopic (exact) mass is 628 g/mol. The van der Waals surface area contributed by atoms with Crippen molar-refractivity contribution in [1.82, 2.24) is 34.9 Å². The molecule has 0 spiro atoms. The number of benzene rings is 4. The second-order valence-electron chi connectivity index (χ2n) is 11.8. The summed E-state index contributed by atoms with van der Waals surface area (Å²) in [6.07, 6.45) is 3.54. The summed E-state index contributed by atoms with van der Waals surface area (Å²) in [6, 6.07) is 37.4. The van der Waals surface area contributed by atoms with E-state index < -0.39 is 0 Å². The number of rotatable bonds is 3. The second-order valence-corrected chi connectivity index (χ2v) is 11.8. The molecular formula is C40H20N8O. The predicted octanol–water partition coefficient (Wildman–Crippen LogP) is 8.84. The smallest absolute Gasteiger partial charge is 0.182 e. The summed E-state index contributed by atoms with van der Waals surface area (Å²) in [5, 5.41) is 15.2. The largest absolute Gasteiger partial charge is 0.456 e. The highest BCUT2D eigenvalue weighted by Crippen LogP contribution is 2.34. The molecule has 9 nitrogen and oxygen atoms in total. The Labute approximate surface area is 277 Å². The molecule has 10 rings (SSSR count). The molecule has 10 aromatic rings. The van der Waals surface area contributed by atoms with Crippen molar-refractivity contribution in [3.05, 3.63) is 127 Å². The van der Waals surface area contributed by atoms with Crippen molar-refractivity contribution >= 4 is 65.6 Å². The zero-order chi connectivity index (χ0) is 32.5. The predicted molar refractivity (Wildman–Crippen MR) is 189 cm³/mol. The summed E-state index contributed by atoms with van der Waals surface area (Å²) >= 11 is 0. The van der Waals surface area contributed by atoms with Crippen molar-refractivity contribution in [2.24, 2.45) is 0 Å². The lowest BCUT2D eigenvalue weighted by atomic mass is 10.1. The molecule has 0 fully saturated rings. The third-order valence-corrected chi connectivity index (χ3v) is 8.81. The van der Waals surface area contributed by atoms with Gasteiger partial charge in [-0.1, -0.05) is 48.5 Å². The first-order chi connectivity index (χ1) is 24.2. The van der Waals surface area contributed by atoms with Gasteiger partial charge >= 0.3 is 0 Å². The molecule has 0 N–H and O–H groups in total. The van der Waals surface area contributed by atoms with Gasteiger partial charge in [-0.15, -0.1) is 0 Å². The summed E-state index contributed by atoms with van der Waals surface area (Å²) in [5.74, 6) is 1.25. The lowest BCUT2D eigenvalue weighted by Crippen LogP contribution is -2.02. The number of hydrogen-bond acceptors (Lipinski definition) is 9. The van der Waals surface area contributed by atoms with E-state index in [4.69, 9.17) is 29.3 Å². The molecule has 6 aromatic heterocycles. The molecule has 0 aliphatic heterocycles. The molecule has 0 radical (unpaired) electrons. The van der Waals surface area contributed by atoms with E-state index in [0.717, 1.165) is 59.9 Å². The summed E-state index contributed by atoms with van der Waals surface area (Å²) < 4.78 is 6.09. The third-order valence-electron chi connectivity index (χ3n) is 8.81. The first-order valence-corrected chi connectivity index (χ1v) is 15.6. The van der Waals surface area contributed by atoms with Gasteiger partial charge in [-0.3, -0.25) is 9.97 Å². The van der Waals surface area contributed by atoms with Crippen molar-refractivity contribution < 1.29 is 4.42 Å². The minimum Gasteiger partial charge on any atom is -0.456 e. The Kier molecular flexibility index (Phi) is 5.74. The van der Waals surface area contributed by atoms with Gasteiger partial charge < -0.3 is 4.42 Å². The number of aromatic nitrogens is 7. The van der Waals surface area contributed by atoms with Crippen LogP contribution < -0.4 is 0 Å². The standard InChI is InChI=1S/C40H20N8O/c41-21-22-5-15-32-28(19-22)29-20-27(12-16-33(29)49-32)38-46-39(30-13-10-25-8-6-23-3-1-17-42-34(23)36(25)44-30)48-40(47-38)31-14-11-26-9-7-24-4-2-18-43-35(24)37(26)45-31/h1-20H. The third kappa shape index (κ3) is 4.36. The molecule has 0 atom stereocenters. The van der Waals surface area contributed by atoms with Crippen molar-refractivity contribution in [3.8, 4) is 40.5 Å². The Morgan fingerprint density at radius 2 is 0.980 bits per heavy atom. The highest BCUT2D eigenvalue weighted by Gasteiger charge is 2.18. The van der Waals surface area contributed by atoms with Crippen LogP contribution in [0.15, 0.2) is 126 Å². The molecule has 0 aliphatic rings. The van der Waals surface area contributed by atoms with E-state index in [-0.39, 0.29) is 0 Å². The van der Waals surface area contributed by atoms with E-state index in [1.807, 2.05) is 103 Å². The summed E-state index contributed by atoms with van der Waals surface area (Å²) in [5.41, 5.74) is 7.01. The van der Waals surface area contributed by atoms with Crippen LogP contribution in [-0.4, -0.2) is 34.9 Å². The van der Waals surface area contributed by atoms with E-state index in [0.29, 0.717) is 45.6 Å².